The number of nitrogens with one attached hydrogen (secondary N) is 3. The minimum atomic E-state index is -4.51. The van der Waals surface area contributed by atoms with Crippen LogP contribution >= 0.6 is 11.8 Å². The van der Waals surface area contributed by atoms with Crippen molar-refractivity contribution in [1.82, 2.24) is 10.2 Å². The SMILES string of the molecule is CC(=O)NC1(C2CCCCN2CC(C)C)Nc2c(cccc2C(=O)Nc2cccc(C(F)(F)F)c2)S1. The number of para-hydroxylation sites is 1. The first kappa shape index (κ1) is 26.3. The molecular formula is C26H31F3N4O2S. The zero-order chi connectivity index (χ0) is 26.1. The highest BCUT2D eigenvalue weighted by atomic mass is 32.2. The van der Waals surface area contributed by atoms with Gasteiger partial charge in [0, 0.05) is 24.1 Å². The monoisotopic (exact) mass is 520 g/mol. The summed E-state index contributed by atoms with van der Waals surface area (Å²) in [6.45, 7) is 7.61. The number of piperidine rings is 1. The summed E-state index contributed by atoms with van der Waals surface area (Å²) in [5.74, 6) is -0.268. The van der Waals surface area contributed by atoms with Crippen molar-refractivity contribution in [1.29, 1.82) is 0 Å². The predicted octanol–water partition coefficient (Wildman–Crippen LogP) is 5.78. The van der Waals surface area contributed by atoms with Crippen molar-refractivity contribution in [3.63, 3.8) is 0 Å². The van der Waals surface area contributed by atoms with Crippen molar-refractivity contribution < 1.29 is 22.8 Å². The third-order valence-corrected chi connectivity index (χ3v) is 7.70. The molecule has 6 nitrogen and oxygen atoms in total. The number of hydrogen-bond acceptors (Lipinski definition) is 5. The summed E-state index contributed by atoms with van der Waals surface area (Å²) in [4.78, 5) is 27.9. The van der Waals surface area contributed by atoms with Gasteiger partial charge in [0.05, 0.1) is 22.9 Å². The van der Waals surface area contributed by atoms with Gasteiger partial charge >= 0.3 is 6.18 Å². The quantitative estimate of drug-likeness (QED) is 0.451. The smallest absolute Gasteiger partial charge is 0.351 e. The maximum absolute atomic E-state index is 13.2. The highest BCUT2D eigenvalue weighted by molar-refractivity contribution is 8.01. The van der Waals surface area contributed by atoms with Gasteiger partial charge in [-0.05, 0) is 55.6 Å². The van der Waals surface area contributed by atoms with Crippen molar-refractivity contribution in [3.8, 4) is 0 Å². The van der Waals surface area contributed by atoms with Crippen molar-refractivity contribution in [2.75, 3.05) is 23.7 Å². The molecule has 4 rings (SSSR count). The minimum absolute atomic E-state index is 0.00525. The number of amides is 2. The van der Waals surface area contributed by atoms with Crippen molar-refractivity contribution in [2.45, 2.75) is 62.1 Å². The summed E-state index contributed by atoms with van der Waals surface area (Å²) in [6.07, 6.45) is -1.51. The largest absolute Gasteiger partial charge is 0.416 e. The number of nitrogens with zero attached hydrogens (tertiary/aromatic N) is 1. The molecule has 1 fully saturated rings. The molecule has 36 heavy (non-hydrogen) atoms. The Hall–Kier alpha value is -2.72. The summed E-state index contributed by atoms with van der Waals surface area (Å²) < 4.78 is 39.4. The Bertz CT molecular complexity index is 1140. The molecule has 0 radical (unpaired) electrons. The van der Waals surface area contributed by atoms with E-state index in [-0.39, 0.29) is 17.6 Å². The molecule has 2 unspecified atom stereocenters. The molecular weight excluding hydrogens is 489 g/mol. The van der Waals surface area contributed by atoms with Gasteiger partial charge in [-0.1, -0.05) is 44.2 Å². The van der Waals surface area contributed by atoms with Crippen LogP contribution in [0.3, 0.4) is 0 Å². The van der Waals surface area contributed by atoms with E-state index in [2.05, 4.69) is 34.7 Å². The van der Waals surface area contributed by atoms with Gasteiger partial charge in [-0.15, -0.1) is 0 Å². The van der Waals surface area contributed by atoms with Crippen LogP contribution in [-0.4, -0.2) is 40.8 Å². The van der Waals surface area contributed by atoms with Crippen LogP contribution in [0.2, 0.25) is 0 Å². The molecule has 2 aliphatic rings. The average Bonchev–Trinajstić information content (AvgIpc) is 3.17. The van der Waals surface area contributed by atoms with E-state index in [4.69, 9.17) is 0 Å². The molecule has 194 valence electrons. The van der Waals surface area contributed by atoms with Gasteiger partial charge in [-0.3, -0.25) is 14.5 Å². The fourth-order valence-electron chi connectivity index (χ4n) is 4.98. The molecule has 2 aliphatic heterocycles. The lowest BCUT2D eigenvalue weighted by molar-refractivity contribution is -0.137. The second kappa shape index (κ2) is 10.3. The number of alkyl halides is 3. The lowest BCUT2D eigenvalue weighted by Crippen LogP contribution is -2.64. The Morgan fingerprint density at radius 3 is 2.64 bits per heavy atom. The molecule has 2 aromatic carbocycles. The van der Waals surface area contributed by atoms with Gasteiger partial charge in [-0.25, -0.2) is 0 Å². The number of likely N-dealkylation sites (tertiary alicyclic amines) is 1. The zero-order valence-corrected chi connectivity index (χ0v) is 21.4. The Labute approximate surface area is 213 Å². The van der Waals surface area contributed by atoms with Gasteiger partial charge in [0.15, 0.2) is 4.99 Å². The highest BCUT2D eigenvalue weighted by Crippen LogP contribution is 2.50. The molecule has 10 heteroatoms. The van der Waals surface area contributed by atoms with Crippen LogP contribution in [0.5, 0.6) is 0 Å². The second-order valence-corrected chi connectivity index (χ2v) is 11.0. The fourth-order valence-corrected chi connectivity index (χ4v) is 6.49. The average molecular weight is 521 g/mol. The first-order valence-corrected chi connectivity index (χ1v) is 12.9. The first-order valence-electron chi connectivity index (χ1n) is 12.1. The maximum atomic E-state index is 13.2. The van der Waals surface area contributed by atoms with E-state index >= 15 is 0 Å². The van der Waals surface area contributed by atoms with E-state index in [9.17, 15) is 22.8 Å². The number of carbonyl (C=O) groups excluding carboxylic acids is 2. The number of rotatable bonds is 6. The lowest BCUT2D eigenvalue weighted by Gasteiger charge is -2.46. The fraction of sp³-hybridized carbons (Fsp3) is 0.462. The topological polar surface area (TPSA) is 73.5 Å². The summed E-state index contributed by atoms with van der Waals surface area (Å²) in [6, 6.07) is 9.81. The number of halogens is 3. The Kier molecular flexibility index (Phi) is 7.56. The number of anilines is 2. The van der Waals surface area contributed by atoms with Crippen LogP contribution in [0, 0.1) is 5.92 Å². The van der Waals surface area contributed by atoms with Crippen LogP contribution in [0.25, 0.3) is 0 Å². The van der Waals surface area contributed by atoms with Crippen LogP contribution in [0.4, 0.5) is 24.5 Å². The summed E-state index contributed by atoms with van der Waals surface area (Å²) in [7, 11) is 0. The number of thioether (sulfide) groups is 1. The van der Waals surface area contributed by atoms with Gasteiger partial charge in [0.2, 0.25) is 5.91 Å². The van der Waals surface area contributed by atoms with Crippen molar-refractivity contribution in [3.05, 3.63) is 53.6 Å². The highest BCUT2D eigenvalue weighted by Gasteiger charge is 2.49. The van der Waals surface area contributed by atoms with Crippen molar-refractivity contribution in [2.24, 2.45) is 5.92 Å². The lowest BCUT2D eigenvalue weighted by atomic mass is 9.97. The van der Waals surface area contributed by atoms with Crippen molar-refractivity contribution >= 4 is 35.0 Å². The molecule has 0 bridgehead atoms. The molecule has 0 aliphatic carbocycles. The Morgan fingerprint density at radius 2 is 1.94 bits per heavy atom. The van der Waals surface area contributed by atoms with Crippen LogP contribution < -0.4 is 16.0 Å². The van der Waals surface area contributed by atoms with Gasteiger partial charge in [0.1, 0.15) is 0 Å². The molecule has 3 N–H and O–H groups in total. The molecule has 0 spiro atoms. The van der Waals surface area contributed by atoms with Crippen LogP contribution in [0.1, 0.15) is 56.0 Å². The molecule has 2 heterocycles. The van der Waals surface area contributed by atoms with Gasteiger partial charge < -0.3 is 16.0 Å². The Balaban J connectivity index is 1.64. The third-order valence-electron chi connectivity index (χ3n) is 6.34. The van der Waals surface area contributed by atoms with Crippen LogP contribution in [0.15, 0.2) is 47.4 Å². The van der Waals surface area contributed by atoms with E-state index in [0.29, 0.717) is 17.2 Å². The standard InChI is InChI=1S/C26H31F3N4O2S/c1-16(2)15-33-13-5-4-12-22(33)26(31-17(3)34)32-23-20(10-7-11-21(23)36-26)24(35)30-19-9-6-8-18(14-19)25(27,28)29/h6-11,14,16,22,32H,4-5,12-13,15H2,1-3H3,(H,30,35)(H,31,34). The summed E-state index contributed by atoms with van der Waals surface area (Å²) in [5, 5.41) is 9.20. The predicted molar refractivity (Wildman–Crippen MR) is 136 cm³/mol. The van der Waals surface area contributed by atoms with E-state index in [1.165, 1.54) is 30.8 Å². The molecule has 2 aromatic rings. The third kappa shape index (κ3) is 5.64. The molecule has 0 saturated carbocycles. The number of carbonyl (C=O) groups is 2. The van der Waals surface area contributed by atoms with E-state index in [1.807, 2.05) is 6.07 Å². The van der Waals surface area contributed by atoms with E-state index < -0.39 is 22.6 Å². The summed E-state index contributed by atoms with van der Waals surface area (Å²) in [5.41, 5.74) is 0.0905. The molecule has 2 amide bonds. The zero-order valence-electron chi connectivity index (χ0n) is 20.5. The van der Waals surface area contributed by atoms with E-state index in [1.54, 1.807) is 12.1 Å². The first-order chi connectivity index (χ1) is 17.0. The summed E-state index contributed by atoms with van der Waals surface area (Å²) >= 11 is 1.48. The molecule has 1 saturated heterocycles. The normalized spacial score (nSPS) is 22.1. The second-order valence-electron chi connectivity index (χ2n) is 9.76. The number of fused-ring (bicyclic) bond motifs is 1. The number of benzene rings is 2. The maximum Gasteiger partial charge on any atom is 0.416 e. The Morgan fingerprint density at radius 1 is 1.19 bits per heavy atom. The van der Waals surface area contributed by atoms with E-state index in [0.717, 1.165) is 49.4 Å². The van der Waals surface area contributed by atoms with Gasteiger partial charge in [0.25, 0.3) is 5.91 Å². The molecule has 0 aromatic heterocycles. The molecule has 2 atom stereocenters. The number of hydrogen-bond donors (Lipinski definition) is 3. The van der Waals surface area contributed by atoms with Gasteiger partial charge in [-0.2, -0.15) is 13.2 Å². The minimum Gasteiger partial charge on any atom is -0.351 e. The van der Waals surface area contributed by atoms with Crippen LogP contribution in [-0.2, 0) is 11.0 Å².